The quantitative estimate of drug-likeness (QED) is 0.816. The number of ether oxygens (including phenoxy) is 1. The summed E-state index contributed by atoms with van der Waals surface area (Å²) in [7, 11) is 1.66. The van der Waals surface area contributed by atoms with Gasteiger partial charge in [-0.15, -0.1) is 0 Å². The smallest absolute Gasteiger partial charge is 0.119 e. The average molecular weight is 217 g/mol. The Bertz CT molecular complexity index is 439. The van der Waals surface area contributed by atoms with Gasteiger partial charge in [0.1, 0.15) is 11.6 Å². The van der Waals surface area contributed by atoms with Gasteiger partial charge in [-0.3, -0.25) is 0 Å². The molecule has 1 atom stereocenters. The van der Waals surface area contributed by atoms with Crippen LogP contribution in [0.2, 0.25) is 0 Å². The molecule has 0 spiro atoms. The van der Waals surface area contributed by atoms with E-state index < -0.39 is 0 Å². The first-order chi connectivity index (χ1) is 7.85. The van der Waals surface area contributed by atoms with E-state index in [4.69, 9.17) is 10.5 Å². The van der Waals surface area contributed by atoms with Crippen LogP contribution in [0.5, 0.6) is 5.75 Å². The Morgan fingerprint density at radius 3 is 3.00 bits per heavy atom. The fraction of sp³-hybridized carbons (Fsp3) is 0.250. The predicted octanol–water partition coefficient (Wildman–Crippen LogP) is 1.51. The maximum absolute atomic E-state index is 5.79. The van der Waals surface area contributed by atoms with Gasteiger partial charge in [-0.2, -0.15) is 0 Å². The normalized spacial score (nSPS) is 12.4. The van der Waals surface area contributed by atoms with E-state index in [2.05, 4.69) is 9.97 Å². The van der Waals surface area contributed by atoms with Gasteiger partial charge < -0.3 is 15.5 Å². The minimum Gasteiger partial charge on any atom is -0.497 e. The summed E-state index contributed by atoms with van der Waals surface area (Å²) >= 11 is 0. The molecular weight excluding hydrogens is 202 g/mol. The first-order valence-corrected chi connectivity index (χ1v) is 5.18. The number of aromatic amines is 1. The van der Waals surface area contributed by atoms with Gasteiger partial charge in [-0.1, -0.05) is 12.1 Å². The maximum Gasteiger partial charge on any atom is 0.119 e. The summed E-state index contributed by atoms with van der Waals surface area (Å²) in [5.41, 5.74) is 6.89. The van der Waals surface area contributed by atoms with Crippen molar-refractivity contribution in [3.05, 3.63) is 48.0 Å². The third-order valence-corrected chi connectivity index (χ3v) is 2.58. The standard InChI is InChI=1S/C12H15N3O/c1-16-10-4-2-3-9(7-10)11(8-13)12-14-5-6-15-12/h2-7,11H,8,13H2,1H3,(H,14,15). The zero-order valence-corrected chi connectivity index (χ0v) is 9.18. The highest BCUT2D eigenvalue weighted by Crippen LogP contribution is 2.23. The van der Waals surface area contributed by atoms with Crippen molar-refractivity contribution in [2.24, 2.45) is 5.73 Å². The molecule has 84 valence electrons. The number of nitrogens with two attached hydrogens (primary N) is 1. The molecule has 0 fully saturated rings. The molecule has 0 aliphatic rings. The molecule has 0 bridgehead atoms. The number of aromatic nitrogens is 2. The lowest BCUT2D eigenvalue weighted by molar-refractivity contribution is 0.414. The van der Waals surface area contributed by atoms with Gasteiger partial charge in [0.2, 0.25) is 0 Å². The van der Waals surface area contributed by atoms with Crippen LogP contribution in [0.15, 0.2) is 36.7 Å². The second-order valence-corrected chi connectivity index (χ2v) is 3.54. The zero-order chi connectivity index (χ0) is 11.4. The molecule has 0 aliphatic heterocycles. The Kier molecular flexibility index (Phi) is 3.22. The number of H-pyrrole nitrogens is 1. The summed E-state index contributed by atoms with van der Waals surface area (Å²) in [6, 6.07) is 7.89. The summed E-state index contributed by atoms with van der Waals surface area (Å²) in [4.78, 5) is 7.34. The molecule has 4 nitrogen and oxygen atoms in total. The molecule has 0 saturated heterocycles. The fourth-order valence-electron chi connectivity index (χ4n) is 1.73. The van der Waals surface area contributed by atoms with Crippen LogP contribution >= 0.6 is 0 Å². The summed E-state index contributed by atoms with van der Waals surface area (Å²) in [6.45, 7) is 0.515. The molecule has 1 aromatic heterocycles. The number of hydrogen-bond acceptors (Lipinski definition) is 3. The van der Waals surface area contributed by atoms with E-state index in [1.807, 2.05) is 24.3 Å². The van der Waals surface area contributed by atoms with Crippen LogP contribution in [-0.2, 0) is 0 Å². The van der Waals surface area contributed by atoms with Gasteiger partial charge in [-0.05, 0) is 17.7 Å². The Morgan fingerprint density at radius 2 is 2.38 bits per heavy atom. The Labute approximate surface area is 94.5 Å². The lowest BCUT2D eigenvalue weighted by Gasteiger charge is -2.13. The molecular formula is C12H15N3O. The predicted molar refractivity (Wildman–Crippen MR) is 62.5 cm³/mol. The molecule has 0 aliphatic carbocycles. The molecule has 3 N–H and O–H groups in total. The van der Waals surface area contributed by atoms with E-state index >= 15 is 0 Å². The van der Waals surface area contributed by atoms with Crippen LogP contribution in [-0.4, -0.2) is 23.6 Å². The molecule has 2 rings (SSSR count). The van der Waals surface area contributed by atoms with Gasteiger partial charge in [0, 0.05) is 18.9 Å². The van der Waals surface area contributed by atoms with Gasteiger partial charge in [0.15, 0.2) is 0 Å². The molecule has 16 heavy (non-hydrogen) atoms. The van der Waals surface area contributed by atoms with Crippen molar-refractivity contribution in [3.8, 4) is 5.75 Å². The van der Waals surface area contributed by atoms with E-state index in [1.165, 1.54) is 0 Å². The van der Waals surface area contributed by atoms with Crippen LogP contribution in [0.3, 0.4) is 0 Å². The van der Waals surface area contributed by atoms with Gasteiger partial charge in [0.25, 0.3) is 0 Å². The first-order valence-electron chi connectivity index (χ1n) is 5.18. The number of benzene rings is 1. The van der Waals surface area contributed by atoms with Crippen LogP contribution in [0, 0.1) is 0 Å². The molecule has 0 amide bonds. The molecule has 4 heteroatoms. The van der Waals surface area contributed by atoms with Gasteiger partial charge >= 0.3 is 0 Å². The van der Waals surface area contributed by atoms with E-state index in [-0.39, 0.29) is 5.92 Å². The fourth-order valence-corrected chi connectivity index (χ4v) is 1.73. The Balaban J connectivity index is 2.33. The molecule has 2 aromatic rings. The highest BCUT2D eigenvalue weighted by Gasteiger charge is 2.14. The number of nitrogens with one attached hydrogen (secondary N) is 1. The third-order valence-electron chi connectivity index (χ3n) is 2.58. The maximum atomic E-state index is 5.79. The van der Waals surface area contributed by atoms with E-state index in [1.54, 1.807) is 19.5 Å². The third kappa shape index (κ3) is 2.06. The Hall–Kier alpha value is -1.81. The van der Waals surface area contributed by atoms with E-state index in [0.29, 0.717) is 6.54 Å². The Morgan fingerprint density at radius 1 is 1.50 bits per heavy atom. The summed E-state index contributed by atoms with van der Waals surface area (Å²) in [5, 5.41) is 0. The van der Waals surface area contributed by atoms with Crippen molar-refractivity contribution >= 4 is 0 Å². The van der Waals surface area contributed by atoms with Gasteiger partial charge in [0.05, 0.1) is 13.0 Å². The van der Waals surface area contributed by atoms with Crippen molar-refractivity contribution in [1.82, 2.24) is 9.97 Å². The number of rotatable bonds is 4. The average Bonchev–Trinajstić information content (AvgIpc) is 2.84. The number of imidazole rings is 1. The van der Waals surface area contributed by atoms with Crippen LogP contribution in [0.4, 0.5) is 0 Å². The number of nitrogens with zero attached hydrogens (tertiary/aromatic N) is 1. The summed E-state index contributed by atoms with van der Waals surface area (Å²) < 4.78 is 5.20. The molecule has 0 radical (unpaired) electrons. The van der Waals surface area contributed by atoms with Crippen LogP contribution < -0.4 is 10.5 Å². The van der Waals surface area contributed by atoms with E-state index in [9.17, 15) is 0 Å². The molecule has 1 heterocycles. The SMILES string of the molecule is COc1cccc(C(CN)c2ncc[nH]2)c1. The summed E-state index contributed by atoms with van der Waals surface area (Å²) in [6.07, 6.45) is 3.54. The molecule has 1 aromatic carbocycles. The largest absolute Gasteiger partial charge is 0.497 e. The lowest BCUT2D eigenvalue weighted by atomic mass is 9.98. The van der Waals surface area contributed by atoms with Crippen molar-refractivity contribution in [3.63, 3.8) is 0 Å². The van der Waals surface area contributed by atoms with Gasteiger partial charge in [-0.25, -0.2) is 4.98 Å². The highest BCUT2D eigenvalue weighted by atomic mass is 16.5. The second kappa shape index (κ2) is 4.81. The molecule has 1 unspecified atom stereocenters. The van der Waals surface area contributed by atoms with Crippen molar-refractivity contribution in [2.45, 2.75) is 5.92 Å². The number of hydrogen-bond donors (Lipinski definition) is 2. The van der Waals surface area contributed by atoms with Crippen molar-refractivity contribution in [2.75, 3.05) is 13.7 Å². The molecule has 0 saturated carbocycles. The monoisotopic (exact) mass is 217 g/mol. The summed E-state index contributed by atoms with van der Waals surface area (Å²) in [5.74, 6) is 1.81. The van der Waals surface area contributed by atoms with Crippen LogP contribution in [0.25, 0.3) is 0 Å². The first kappa shape index (κ1) is 10.7. The minimum atomic E-state index is 0.0881. The lowest BCUT2D eigenvalue weighted by Crippen LogP contribution is -2.15. The zero-order valence-electron chi connectivity index (χ0n) is 9.18. The van der Waals surface area contributed by atoms with Crippen molar-refractivity contribution < 1.29 is 4.74 Å². The minimum absolute atomic E-state index is 0.0881. The highest BCUT2D eigenvalue weighted by molar-refractivity contribution is 5.33. The topological polar surface area (TPSA) is 63.9 Å². The second-order valence-electron chi connectivity index (χ2n) is 3.54. The van der Waals surface area contributed by atoms with Crippen LogP contribution in [0.1, 0.15) is 17.3 Å². The van der Waals surface area contributed by atoms with Crippen molar-refractivity contribution in [1.29, 1.82) is 0 Å². The van der Waals surface area contributed by atoms with E-state index in [0.717, 1.165) is 17.1 Å². The number of methoxy groups -OCH3 is 1.